The highest BCUT2D eigenvalue weighted by Gasteiger charge is 2.27. The van der Waals surface area contributed by atoms with Crippen LogP contribution >= 0.6 is 0 Å². The summed E-state index contributed by atoms with van der Waals surface area (Å²) in [5.74, 6) is 0.381. The van der Waals surface area contributed by atoms with Crippen LogP contribution in [0.15, 0.2) is 18.9 Å². The molecule has 0 unspecified atom stereocenters. The molecule has 3 N–H and O–H groups in total. The van der Waals surface area contributed by atoms with E-state index in [0.717, 1.165) is 49.0 Å². The molecule has 3 rings (SSSR count). The average molecular weight is 313 g/mol. The number of aromatic nitrogens is 3. The minimum atomic E-state index is -0.543. The summed E-state index contributed by atoms with van der Waals surface area (Å²) in [6.45, 7) is 12.0. The lowest BCUT2D eigenvalue weighted by atomic mass is 9.94. The lowest BCUT2D eigenvalue weighted by Gasteiger charge is -2.35. The van der Waals surface area contributed by atoms with Gasteiger partial charge in [0.1, 0.15) is 5.65 Å². The first-order valence-corrected chi connectivity index (χ1v) is 7.79. The first-order chi connectivity index (χ1) is 10.9. The maximum atomic E-state index is 10.0. The molecule has 0 atom stereocenters. The van der Waals surface area contributed by atoms with Crippen molar-refractivity contribution in [2.75, 3.05) is 18.8 Å². The summed E-state index contributed by atoms with van der Waals surface area (Å²) in [5.41, 5.74) is 7.13. The van der Waals surface area contributed by atoms with Crippen molar-refractivity contribution in [3.8, 4) is 0 Å². The second-order valence-corrected chi connectivity index (χ2v) is 6.43. The van der Waals surface area contributed by atoms with Crippen LogP contribution < -0.4 is 16.3 Å². The lowest BCUT2D eigenvalue weighted by Crippen LogP contribution is -2.42. The van der Waals surface area contributed by atoms with Gasteiger partial charge in [0, 0.05) is 31.0 Å². The van der Waals surface area contributed by atoms with Crippen molar-refractivity contribution >= 4 is 24.3 Å². The van der Waals surface area contributed by atoms with Gasteiger partial charge in [-0.05, 0) is 25.8 Å². The summed E-state index contributed by atoms with van der Waals surface area (Å²) >= 11 is 0. The van der Waals surface area contributed by atoms with E-state index in [1.54, 1.807) is 10.5 Å². The molecule has 0 aliphatic carbocycles. The quantitative estimate of drug-likeness (QED) is 0.836. The average Bonchev–Trinajstić information content (AvgIpc) is 2.90. The van der Waals surface area contributed by atoms with Crippen LogP contribution in [0.3, 0.4) is 0 Å². The molecule has 0 saturated carbocycles. The monoisotopic (exact) mass is 313 g/mol. The number of hydrogen-bond donors (Lipinski definition) is 2. The van der Waals surface area contributed by atoms with Gasteiger partial charge in [-0.2, -0.15) is 0 Å². The van der Waals surface area contributed by atoms with Gasteiger partial charge in [0.25, 0.3) is 0 Å². The van der Waals surface area contributed by atoms with E-state index in [1.807, 2.05) is 19.2 Å². The molecule has 23 heavy (non-hydrogen) atoms. The zero-order valence-corrected chi connectivity index (χ0v) is 13.5. The maximum Gasteiger partial charge on any atom is 0.206 e. The van der Waals surface area contributed by atoms with E-state index in [9.17, 15) is 5.11 Å². The molecule has 1 saturated heterocycles. The minimum Gasteiger partial charge on any atom is -0.390 e. The molecule has 1 aliphatic rings. The van der Waals surface area contributed by atoms with Crippen molar-refractivity contribution in [1.29, 1.82) is 0 Å². The molecule has 1 aliphatic heterocycles. The van der Waals surface area contributed by atoms with Gasteiger partial charge < -0.3 is 10.8 Å². The number of nitrogens with zero attached hydrogens (tertiary/aromatic N) is 4. The number of fused-ring (bicyclic) bond motifs is 1. The van der Waals surface area contributed by atoms with E-state index in [1.165, 1.54) is 0 Å². The number of piperidine rings is 1. The number of aliphatic hydroxyl groups is 1. The Morgan fingerprint density at radius 2 is 2.09 bits per heavy atom. The van der Waals surface area contributed by atoms with E-state index in [-0.39, 0.29) is 0 Å². The van der Waals surface area contributed by atoms with Crippen LogP contribution in [0.4, 0.5) is 5.95 Å². The number of nitrogens with two attached hydrogens (primary N) is 1. The van der Waals surface area contributed by atoms with E-state index in [2.05, 4.69) is 23.0 Å². The third-order valence-electron chi connectivity index (χ3n) is 4.41. The molecule has 2 aromatic rings. The molecule has 0 radical (unpaired) electrons. The lowest BCUT2D eigenvalue weighted by molar-refractivity contribution is -0.00754. The van der Waals surface area contributed by atoms with E-state index >= 15 is 0 Å². The largest absolute Gasteiger partial charge is 0.390 e. The molecule has 0 aromatic carbocycles. The summed E-state index contributed by atoms with van der Waals surface area (Å²) < 4.78 is 1.79. The zero-order chi connectivity index (χ0) is 16.6. The molecule has 0 spiro atoms. The topological polar surface area (TPSA) is 79.7 Å². The van der Waals surface area contributed by atoms with E-state index in [4.69, 9.17) is 10.7 Å². The molecule has 122 valence electrons. The second kappa shape index (κ2) is 5.79. The van der Waals surface area contributed by atoms with Crippen molar-refractivity contribution in [2.24, 2.45) is 0 Å². The Morgan fingerprint density at radius 1 is 1.39 bits per heavy atom. The molecular weight excluding hydrogens is 290 g/mol. The summed E-state index contributed by atoms with van der Waals surface area (Å²) in [6.07, 6.45) is 7.03. The molecular formula is C17H23N5O. The Balaban J connectivity index is 1.93. The highest BCUT2D eigenvalue weighted by Crippen LogP contribution is 2.22. The summed E-state index contributed by atoms with van der Waals surface area (Å²) in [4.78, 5) is 11.3. The predicted octanol–water partition coefficient (Wildman–Crippen LogP) is 0.0351. The SMILES string of the molecule is C=C/C=c1\c(=C)nc(N)n2cc(CN3CCC(C)(O)CC3)nc12. The van der Waals surface area contributed by atoms with Crippen LogP contribution in [0.25, 0.3) is 18.3 Å². The number of nitrogen functional groups attached to an aromatic ring is 1. The Hall–Kier alpha value is -2.18. The fourth-order valence-electron chi connectivity index (χ4n) is 2.96. The van der Waals surface area contributed by atoms with Gasteiger partial charge in [-0.1, -0.05) is 19.2 Å². The Bertz CT molecular complexity index is 842. The van der Waals surface area contributed by atoms with Crippen molar-refractivity contribution in [2.45, 2.75) is 31.9 Å². The van der Waals surface area contributed by atoms with E-state index < -0.39 is 5.60 Å². The van der Waals surface area contributed by atoms with Crippen LogP contribution in [0.2, 0.25) is 0 Å². The van der Waals surface area contributed by atoms with Gasteiger partial charge >= 0.3 is 0 Å². The Kier molecular flexibility index (Phi) is 3.95. The highest BCUT2D eigenvalue weighted by atomic mass is 16.3. The summed E-state index contributed by atoms with van der Waals surface area (Å²) in [6, 6.07) is 0. The number of imidazole rings is 1. The predicted molar refractivity (Wildman–Crippen MR) is 92.0 cm³/mol. The van der Waals surface area contributed by atoms with Crippen LogP contribution in [0, 0.1) is 0 Å². The summed E-state index contributed by atoms with van der Waals surface area (Å²) in [7, 11) is 0. The number of anilines is 1. The Labute approximate surface area is 135 Å². The first-order valence-electron chi connectivity index (χ1n) is 7.79. The normalized spacial score (nSPS) is 19.3. The fourth-order valence-corrected chi connectivity index (χ4v) is 2.96. The van der Waals surface area contributed by atoms with E-state index in [0.29, 0.717) is 11.3 Å². The van der Waals surface area contributed by atoms with Crippen molar-refractivity contribution in [3.63, 3.8) is 0 Å². The number of rotatable bonds is 3. The standard InChI is InChI=1S/C17H23N5O/c1-4-5-14-12(2)19-16(18)22-11-13(20-15(14)22)10-21-8-6-17(3,23)7-9-21/h4-5,11,23H,1-2,6-10H2,3H3,(H2,18,19)/b14-5+. The van der Waals surface area contributed by atoms with Crippen LogP contribution in [0.5, 0.6) is 0 Å². The van der Waals surface area contributed by atoms with Crippen LogP contribution in [0.1, 0.15) is 25.5 Å². The molecule has 6 nitrogen and oxygen atoms in total. The van der Waals surface area contributed by atoms with Gasteiger partial charge in [0.15, 0.2) is 0 Å². The van der Waals surface area contributed by atoms with Crippen LogP contribution in [-0.4, -0.2) is 43.1 Å². The molecule has 3 heterocycles. The molecule has 0 bridgehead atoms. The number of likely N-dealkylation sites (tertiary alicyclic amines) is 1. The van der Waals surface area contributed by atoms with Gasteiger partial charge in [-0.25, -0.2) is 9.97 Å². The maximum absolute atomic E-state index is 10.0. The third kappa shape index (κ3) is 3.13. The summed E-state index contributed by atoms with van der Waals surface area (Å²) in [5, 5.41) is 11.5. The molecule has 1 fully saturated rings. The van der Waals surface area contributed by atoms with Crippen LogP contribution in [-0.2, 0) is 6.54 Å². The van der Waals surface area contributed by atoms with Gasteiger partial charge in [0.2, 0.25) is 5.95 Å². The van der Waals surface area contributed by atoms with Gasteiger partial charge in [-0.3, -0.25) is 9.30 Å². The fraction of sp³-hybridized carbons (Fsp3) is 0.412. The highest BCUT2D eigenvalue weighted by molar-refractivity contribution is 5.53. The first kappa shape index (κ1) is 15.7. The number of hydrogen-bond acceptors (Lipinski definition) is 5. The second-order valence-electron chi connectivity index (χ2n) is 6.43. The molecule has 0 amide bonds. The Morgan fingerprint density at radius 3 is 2.74 bits per heavy atom. The van der Waals surface area contributed by atoms with Crippen molar-refractivity contribution < 1.29 is 5.11 Å². The van der Waals surface area contributed by atoms with Crippen molar-refractivity contribution in [1.82, 2.24) is 19.3 Å². The smallest absolute Gasteiger partial charge is 0.206 e. The number of allylic oxidation sites excluding steroid dienone is 1. The van der Waals surface area contributed by atoms with Crippen molar-refractivity contribution in [3.05, 3.63) is 35.1 Å². The molecule has 2 aromatic heterocycles. The third-order valence-corrected chi connectivity index (χ3v) is 4.41. The zero-order valence-electron chi connectivity index (χ0n) is 13.5. The van der Waals surface area contributed by atoms with Gasteiger partial charge in [0.05, 0.1) is 16.6 Å². The van der Waals surface area contributed by atoms with Gasteiger partial charge in [-0.15, -0.1) is 0 Å². The minimum absolute atomic E-state index is 0.381. The molecule has 6 heteroatoms.